The second-order valence-electron chi connectivity index (χ2n) is 3.24. The van der Waals surface area contributed by atoms with Gasteiger partial charge in [-0.1, -0.05) is 0 Å². The first-order chi connectivity index (χ1) is 7.22. The van der Waals surface area contributed by atoms with Gasteiger partial charge in [0.05, 0.1) is 20.2 Å². The normalized spacial score (nSPS) is 17.4. The minimum absolute atomic E-state index is 0.157. The van der Waals surface area contributed by atoms with Crippen LogP contribution in [0.1, 0.15) is 18.0 Å². The fourth-order valence-electron chi connectivity index (χ4n) is 1.64. The highest BCUT2D eigenvalue weighted by molar-refractivity contribution is 9.12. The van der Waals surface area contributed by atoms with Gasteiger partial charge in [0.15, 0.2) is 0 Å². The van der Waals surface area contributed by atoms with E-state index in [1.165, 1.54) is 5.56 Å². The highest BCUT2D eigenvalue weighted by atomic mass is 79.9. The number of halogens is 2. The van der Waals surface area contributed by atoms with Gasteiger partial charge in [0.2, 0.25) is 0 Å². The molecule has 1 aromatic rings. The molecule has 0 saturated carbocycles. The largest absolute Gasteiger partial charge is 0.496 e. The molecule has 0 bridgehead atoms. The van der Waals surface area contributed by atoms with Crippen molar-refractivity contribution in [1.29, 1.82) is 0 Å². The molecule has 15 heavy (non-hydrogen) atoms. The number of hydrogen-bond donors (Lipinski definition) is 1. The monoisotopic (exact) mass is 351 g/mol. The third kappa shape index (κ3) is 2.46. The standard InChI is InChI=1S/C10H11Br2NOS/c1-13-9(7-3-2-4-14-7)6-5-8(11)15-10(6)12/h3,5,9,13H,2,4H2,1H3. The average molecular weight is 353 g/mol. The summed E-state index contributed by atoms with van der Waals surface area (Å²) in [6.45, 7) is 0.802. The average Bonchev–Trinajstić information content (AvgIpc) is 2.79. The first-order valence-electron chi connectivity index (χ1n) is 4.67. The van der Waals surface area contributed by atoms with Gasteiger partial charge in [-0.15, -0.1) is 11.3 Å². The highest BCUT2D eigenvalue weighted by Gasteiger charge is 2.22. The molecule has 1 aromatic heterocycles. The smallest absolute Gasteiger partial charge is 0.114 e. The van der Waals surface area contributed by atoms with E-state index in [1.54, 1.807) is 11.3 Å². The quantitative estimate of drug-likeness (QED) is 0.892. The Hall–Kier alpha value is 0.160. The molecule has 0 spiro atoms. The van der Waals surface area contributed by atoms with Gasteiger partial charge < -0.3 is 10.1 Å². The van der Waals surface area contributed by atoms with Gasteiger partial charge in [0.1, 0.15) is 5.76 Å². The zero-order chi connectivity index (χ0) is 10.8. The molecular formula is C10H11Br2NOS. The Labute approximate surface area is 110 Å². The van der Waals surface area contributed by atoms with Gasteiger partial charge in [-0.2, -0.15) is 0 Å². The van der Waals surface area contributed by atoms with Crippen molar-refractivity contribution in [1.82, 2.24) is 5.32 Å². The molecule has 0 aromatic carbocycles. The Morgan fingerprint density at radius 3 is 2.80 bits per heavy atom. The lowest BCUT2D eigenvalue weighted by atomic mass is 10.1. The molecular weight excluding hydrogens is 342 g/mol. The number of ether oxygens (including phenoxy) is 1. The summed E-state index contributed by atoms with van der Waals surface area (Å²) in [7, 11) is 1.95. The molecule has 2 nitrogen and oxygen atoms in total. The van der Waals surface area contributed by atoms with Gasteiger partial charge in [-0.25, -0.2) is 0 Å². The molecule has 1 N–H and O–H groups in total. The van der Waals surface area contributed by atoms with E-state index < -0.39 is 0 Å². The van der Waals surface area contributed by atoms with Crippen LogP contribution < -0.4 is 5.32 Å². The van der Waals surface area contributed by atoms with Crippen molar-refractivity contribution < 1.29 is 4.74 Å². The number of rotatable bonds is 3. The van der Waals surface area contributed by atoms with Crippen molar-refractivity contribution in [3.8, 4) is 0 Å². The minimum atomic E-state index is 0.157. The first-order valence-corrected chi connectivity index (χ1v) is 7.07. The predicted molar refractivity (Wildman–Crippen MR) is 70.2 cm³/mol. The second kappa shape index (κ2) is 4.99. The Kier molecular flexibility index (Phi) is 3.88. The van der Waals surface area contributed by atoms with Crippen LogP contribution in [0.15, 0.2) is 25.5 Å². The van der Waals surface area contributed by atoms with Crippen LogP contribution in [0.5, 0.6) is 0 Å². The number of nitrogens with one attached hydrogen (secondary N) is 1. The maximum Gasteiger partial charge on any atom is 0.114 e. The van der Waals surface area contributed by atoms with E-state index >= 15 is 0 Å². The molecule has 0 aliphatic carbocycles. The Morgan fingerprint density at radius 2 is 2.33 bits per heavy atom. The van der Waals surface area contributed by atoms with Crippen molar-refractivity contribution in [2.24, 2.45) is 0 Å². The van der Waals surface area contributed by atoms with Crippen molar-refractivity contribution in [3.63, 3.8) is 0 Å². The molecule has 1 aliphatic rings. The van der Waals surface area contributed by atoms with Gasteiger partial charge in [-0.3, -0.25) is 0 Å². The van der Waals surface area contributed by atoms with Crippen LogP contribution in [0.2, 0.25) is 0 Å². The van der Waals surface area contributed by atoms with Crippen LogP contribution in [0.3, 0.4) is 0 Å². The summed E-state index contributed by atoms with van der Waals surface area (Å²) in [6, 6.07) is 2.28. The second-order valence-corrected chi connectivity index (χ2v) is 6.99. The summed E-state index contributed by atoms with van der Waals surface area (Å²) in [5.41, 5.74) is 1.22. The summed E-state index contributed by atoms with van der Waals surface area (Å²) in [5, 5.41) is 3.28. The lowest BCUT2D eigenvalue weighted by Crippen LogP contribution is -2.18. The van der Waals surface area contributed by atoms with Crippen LogP contribution in [-0.2, 0) is 4.74 Å². The van der Waals surface area contributed by atoms with Gasteiger partial charge in [-0.05, 0) is 51.0 Å². The third-order valence-corrected chi connectivity index (χ3v) is 4.69. The molecule has 1 unspecified atom stereocenters. The Morgan fingerprint density at radius 1 is 1.53 bits per heavy atom. The van der Waals surface area contributed by atoms with Crippen molar-refractivity contribution in [2.75, 3.05) is 13.7 Å². The third-order valence-electron chi connectivity index (χ3n) is 2.30. The summed E-state index contributed by atoms with van der Waals surface area (Å²) >= 11 is 8.74. The van der Waals surface area contributed by atoms with Crippen LogP contribution in [0.25, 0.3) is 0 Å². The molecule has 0 amide bonds. The molecule has 0 fully saturated rings. The zero-order valence-electron chi connectivity index (χ0n) is 8.22. The molecule has 82 valence electrons. The van der Waals surface area contributed by atoms with Crippen molar-refractivity contribution >= 4 is 43.2 Å². The lowest BCUT2D eigenvalue weighted by molar-refractivity contribution is 0.218. The van der Waals surface area contributed by atoms with Gasteiger partial charge in [0.25, 0.3) is 0 Å². The summed E-state index contributed by atoms with van der Waals surface area (Å²) < 4.78 is 7.86. The maximum atomic E-state index is 5.59. The van der Waals surface area contributed by atoms with E-state index in [2.05, 4.69) is 49.3 Å². The van der Waals surface area contributed by atoms with Crippen molar-refractivity contribution in [3.05, 3.63) is 31.0 Å². The first kappa shape index (κ1) is 11.6. The predicted octanol–water partition coefficient (Wildman–Crippen LogP) is 3.84. The molecule has 0 radical (unpaired) electrons. The molecule has 0 saturated heterocycles. The Balaban J connectivity index is 2.29. The summed E-state index contributed by atoms with van der Waals surface area (Å²) in [5.74, 6) is 1.03. The molecule has 2 heterocycles. The van der Waals surface area contributed by atoms with E-state index in [1.807, 2.05) is 7.05 Å². The fraction of sp³-hybridized carbons (Fsp3) is 0.400. The van der Waals surface area contributed by atoms with Gasteiger partial charge in [0, 0.05) is 12.0 Å². The van der Waals surface area contributed by atoms with Crippen LogP contribution in [0.4, 0.5) is 0 Å². The van der Waals surface area contributed by atoms with E-state index in [9.17, 15) is 0 Å². The van der Waals surface area contributed by atoms with Crippen LogP contribution >= 0.6 is 43.2 Å². The number of likely N-dealkylation sites (N-methyl/N-ethyl adjacent to an activating group) is 1. The van der Waals surface area contributed by atoms with E-state index in [0.29, 0.717) is 0 Å². The number of thiophene rings is 1. The minimum Gasteiger partial charge on any atom is -0.496 e. The molecule has 2 rings (SSSR count). The topological polar surface area (TPSA) is 21.3 Å². The van der Waals surface area contributed by atoms with Crippen LogP contribution in [0, 0.1) is 0 Å². The maximum absolute atomic E-state index is 5.59. The SMILES string of the molecule is CNC(C1=CCCO1)c1cc(Br)sc1Br. The summed E-state index contributed by atoms with van der Waals surface area (Å²) in [4.78, 5) is 0. The Bertz CT molecular complexity index is 389. The van der Waals surface area contributed by atoms with Crippen molar-refractivity contribution in [2.45, 2.75) is 12.5 Å². The van der Waals surface area contributed by atoms with E-state index in [4.69, 9.17) is 4.74 Å². The van der Waals surface area contributed by atoms with Crippen LogP contribution in [-0.4, -0.2) is 13.7 Å². The van der Waals surface area contributed by atoms with E-state index in [-0.39, 0.29) is 6.04 Å². The molecule has 5 heteroatoms. The summed E-state index contributed by atoms with van der Waals surface area (Å²) in [6.07, 6.45) is 3.16. The fourth-order valence-corrected chi connectivity index (χ4v) is 4.54. The molecule has 1 atom stereocenters. The number of hydrogen-bond acceptors (Lipinski definition) is 3. The van der Waals surface area contributed by atoms with E-state index in [0.717, 1.165) is 26.4 Å². The molecule has 1 aliphatic heterocycles. The lowest BCUT2D eigenvalue weighted by Gasteiger charge is -2.16. The van der Waals surface area contributed by atoms with Gasteiger partial charge >= 0.3 is 0 Å². The zero-order valence-corrected chi connectivity index (χ0v) is 12.2. The highest BCUT2D eigenvalue weighted by Crippen LogP contribution is 2.38.